The van der Waals surface area contributed by atoms with Crippen molar-refractivity contribution in [3.05, 3.63) is 0 Å². The first-order chi connectivity index (χ1) is 8.70. The predicted molar refractivity (Wildman–Crippen MR) is 64.4 cm³/mol. The fraction of sp³-hybridized carbons (Fsp3) is 0.700. The monoisotopic (exact) mass is 289 g/mol. The van der Waals surface area contributed by atoms with Gasteiger partial charge in [-0.05, 0) is 12.8 Å². The van der Waals surface area contributed by atoms with E-state index in [-0.39, 0.29) is 12.3 Å². The lowest BCUT2D eigenvalue weighted by Crippen LogP contribution is -2.60. The number of nitrogens with one attached hydrogen (secondary N) is 1. The van der Waals surface area contributed by atoms with Gasteiger partial charge in [0.2, 0.25) is 21.8 Å². The van der Waals surface area contributed by atoms with Gasteiger partial charge in [-0.1, -0.05) is 0 Å². The summed E-state index contributed by atoms with van der Waals surface area (Å²) in [6.07, 6.45) is 0.809. The Morgan fingerprint density at radius 3 is 2.32 bits per heavy atom. The van der Waals surface area contributed by atoms with Crippen molar-refractivity contribution in [2.45, 2.75) is 12.8 Å². The minimum Gasteiger partial charge on any atom is -0.277 e. The highest BCUT2D eigenvalue weighted by atomic mass is 32.2. The maximum Gasteiger partial charge on any atom is 0.330 e. The number of carbonyl (C=O) groups excluding carboxylic acids is 3. The molecule has 4 amide bonds. The van der Waals surface area contributed by atoms with Gasteiger partial charge in [0.15, 0.2) is 0 Å². The van der Waals surface area contributed by atoms with Crippen molar-refractivity contribution in [1.29, 1.82) is 0 Å². The van der Waals surface area contributed by atoms with E-state index in [1.165, 1.54) is 14.1 Å². The SMILES string of the molecule is CN(C)S(=O)(=O)CCN1C(=O)NC(=O)C2(CC2)C1=O. The van der Waals surface area contributed by atoms with Gasteiger partial charge in [-0.3, -0.25) is 19.8 Å². The summed E-state index contributed by atoms with van der Waals surface area (Å²) < 4.78 is 24.3. The first-order valence-corrected chi connectivity index (χ1v) is 7.39. The van der Waals surface area contributed by atoms with Gasteiger partial charge in [-0.2, -0.15) is 0 Å². The second kappa shape index (κ2) is 4.27. The molecule has 1 N–H and O–H groups in total. The molecule has 2 fully saturated rings. The molecule has 0 aromatic carbocycles. The number of amides is 4. The highest BCUT2D eigenvalue weighted by molar-refractivity contribution is 7.89. The van der Waals surface area contributed by atoms with Gasteiger partial charge in [-0.15, -0.1) is 0 Å². The molecule has 1 aliphatic carbocycles. The van der Waals surface area contributed by atoms with Crippen LogP contribution in [0.1, 0.15) is 12.8 Å². The van der Waals surface area contributed by atoms with E-state index < -0.39 is 33.3 Å². The van der Waals surface area contributed by atoms with E-state index in [0.717, 1.165) is 9.21 Å². The van der Waals surface area contributed by atoms with Crippen LogP contribution in [0, 0.1) is 5.41 Å². The molecule has 0 unspecified atom stereocenters. The molecule has 0 aromatic rings. The van der Waals surface area contributed by atoms with Crippen LogP contribution in [0.2, 0.25) is 0 Å². The Labute approximate surface area is 110 Å². The van der Waals surface area contributed by atoms with Crippen molar-refractivity contribution in [3.63, 3.8) is 0 Å². The zero-order valence-corrected chi connectivity index (χ0v) is 11.5. The molecular weight excluding hydrogens is 274 g/mol. The third kappa shape index (κ3) is 2.23. The van der Waals surface area contributed by atoms with Crippen LogP contribution in [0.25, 0.3) is 0 Å². The van der Waals surface area contributed by atoms with Gasteiger partial charge in [0.1, 0.15) is 5.41 Å². The molecule has 2 aliphatic rings. The second-order valence-electron chi connectivity index (χ2n) is 4.90. The Hall–Kier alpha value is -1.48. The van der Waals surface area contributed by atoms with Gasteiger partial charge in [0.05, 0.1) is 5.75 Å². The fourth-order valence-electron chi connectivity index (χ4n) is 1.89. The zero-order chi connectivity index (χ0) is 14.4. The van der Waals surface area contributed by atoms with E-state index in [2.05, 4.69) is 5.32 Å². The summed E-state index contributed by atoms with van der Waals surface area (Å²) in [7, 11) is -0.752. The summed E-state index contributed by atoms with van der Waals surface area (Å²) in [6.45, 7) is -0.250. The fourth-order valence-corrected chi connectivity index (χ4v) is 2.67. The summed E-state index contributed by atoms with van der Waals surface area (Å²) in [5.74, 6) is -1.52. The molecule has 1 saturated heterocycles. The van der Waals surface area contributed by atoms with Gasteiger partial charge in [-0.25, -0.2) is 17.5 Å². The molecule has 0 radical (unpaired) electrons. The normalized spacial score (nSPS) is 22.1. The van der Waals surface area contributed by atoms with Crippen LogP contribution in [0.15, 0.2) is 0 Å². The Balaban J connectivity index is 2.10. The number of urea groups is 1. The molecular formula is C10H15N3O5S. The Bertz CT molecular complexity index is 550. The van der Waals surface area contributed by atoms with Crippen molar-refractivity contribution in [1.82, 2.24) is 14.5 Å². The first-order valence-electron chi connectivity index (χ1n) is 5.78. The average molecular weight is 289 g/mol. The standard InChI is InChI=1S/C10H15N3O5S/c1-12(2)19(17,18)6-5-13-8(15)10(3-4-10)7(14)11-9(13)16/h3-6H2,1-2H3,(H,11,14,16). The van der Waals surface area contributed by atoms with Crippen molar-refractivity contribution < 1.29 is 22.8 Å². The van der Waals surface area contributed by atoms with Crippen molar-refractivity contribution in [2.24, 2.45) is 5.41 Å². The van der Waals surface area contributed by atoms with Gasteiger partial charge in [0, 0.05) is 20.6 Å². The number of sulfonamides is 1. The molecule has 8 nitrogen and oxygen atoms in total. The van der Waals surface area contributed by atoms with Crippen LogP contribution in [0.5, 0.6) is 0 Å². The number of hydrogen-bond donors (Lipinski definition) is 1. The van der Waals surface area contributed by atoms with Crippen LogP contribution < -0.4 is 5.32 Å². The van der Waals surface area contributed by atoms with Crippen molar-refractivity contribution in [3.8, 4) is 0 Å². The molecule has 2 rings (SSSR count). The Morgan fingerprint density at radius 1 is 1.26 bits per heavy atom. The van der Waals surface area contributed by atoms with Gasteiger partial charge in [0.25, 0.3) is 0 Å². The van der Waals surface area contributed by atoms with Gasteiger partial charge >= 0.3 is 6.03 Å². The van der Waals surface area contributed by atoms with Crippen molar-refractivity contribution in [2.75, 3.05) is 26.4 Å². The molecule has 1 aliphatic heterocycles. The van der Waals surface area contributed by atoms with E-state index in [1.807, 2.05) is 0 Å². The number of carbonyl (C=O) groups is 3. The van der Waals surface area contributed by atoms with E-state index in [4.69, 9.17) is 0 Å². The van der Waals surface area contributed by atoms with E-state index in [0.29, 0.717) is 12.8 Å². The lowest BCUT2D eigenvalue weighted by atomic mass is 10.0. The van der Waals surface area contributed by atoms with Crippen LogP contribution >= 0.6 is 0 Å². The number of imide groups is 2. The van der Waals surface area contributed by atoms with E-state index in [9.17, 15) is 22.8 Å². The lowest BCUT2D eigenvalue weighted by molar-refractivity contribution is -0.144. The molecule has 19 heavy (non-hydrogen) atoms. The highest BCUT2D eigenvalue weighted by Gasteiger charge is 2.62. The molecule has 106 valence electrons. The number of rotatable bonds is 4. The van der Waals surface area contributed by atoms with Crippen LogP contribution in [-0.4, -0.2) is 61.9 Å². The maximum absolute atomic E-state index is 12.1. The second-order valence-corrected chi connectivity index (χ2v) is 7.20. The van der Waals surface area contributed by atoms with E-state index in [1.54, 1.807) is 0 Å². The summed E-state index contributed by atoms with van der Waals surface area (Å²) in [5, 5.41) is 2.10. The van der Waals surface area contributed by atoms with Crippen LogP contribution in [0.4, 0.5) is 4.79 Å². The zero-order valence-electron chi connectivity index (χ0n) is 10.7. The quantitative estimate of drug-likeness (QED) is 0.650. The average Bonchev–Trinajstić information content (AvgIpc) is 3.07. The number of nitrogens with zero attached hydrogens (tertiary/aromatic N) is 2. The summed E-state index contributed by atoms with van der Waals surface area (Å²) in [6, 6.07) is -0.846. The Morgan fingerprint density at radius 2 is 1.84 bits per heavy atom. The molecule has 9 heteroatoms. The highest BCUT2D eigenvalue weighted by Crippen LogP contribution is 2.48. The topological polar surface area (TPSA) is 104 Å². The van der Waals surface area contributed by atoms with Crippen LogP contribution in [0.3, 0.4) is 0 Å². The van der Waals surface area contributed by atoms with Crippen LogP contribution in [-0.2, 0) is 19.6 Å². The van der Waals surface area contributed by atoms with Crippen molar-refractivity contribution >= 4 is 27.9 Å². The van der Waals surface area contributed by atoms with E-state index >= 15 is 0 Å². The molecule has 1 heterocycles. The molecule has 0 atom stereocenters. The summed E-state index contributed by atoms with van der Waals surface area (Å²) in [4.78, 5) is 36.0. The third-order valence-electron chi connectivity index (χ3n) is 3.43. The number of hydrogen-bond acceptors (Lipinski definition) is 5. The number of barbiturate groups is 1. The predicted octanol–water partition coefficient (Wildman–Crippen LogP) is -1.26. The molecule has 1 saturated carbocycles. The Kier molecular flexibility index (Phi) is 3.13. The first kappa shape index (κ1) is 13.9. The molecule has 0 bridgehead atoms. The van der Waals surface area contributed by atoms with Gasteiger partial charge < -0.3 is 0 Å². The summed E-state index contributed by atoms with van der Waals surface area (Å²) in [5.41, 5.74) is -1.13. The lowest BCUT2D eigenvalue weighted by Gasteiger charge is -2.30. The third-order valence-corrected chi connectivity index (χ3v) is 5.25. The maximum atomic E-state index is 12.1. The minimum atomic E-state index is -3.50. The largest absolute Gasteiger partial charge is 0.330 e. The minimum absolute atomic E-state index is 0.250. The smallest absolute Gasteiger partial charge is 0.277 e. The molecule has 1 spiro atoms. The molecule has 0 aromatic heterocycles. The summed E-state index contributed by atoms with van der Waals surface area (Å²) >= 11 is 0.